The Morgan fingerprint density at radius 3 is 3.15 bits per heavy atom. The summed E-state index contributed by atoms with van der Waals surface area (Å²) in [7, 11) is 0. The largest absolute Gasteiger partial charge is 0.368 e. The number of fused-ring (bicyclic) bond motifs is 1. The third kappa shape index (κ3) is 2.18. The van der Waals surface area contributed by atoms with Crippen LogP contribution in [0.2, 0.25) is 0 Å². The fraction of sp³-hybridized carbons (Fsp3) is 0.467. The van der Waals surface area contributed by atoms with Crippen LogP contribution in [0.3, 0.4) is 0 Å². The molecule has 5 nitrogen and oxygen atoms in total. The molecule has 2 heterocycles. The molecular weight excluding hydrogens is 252 g/mol. The van der Waals surface area contributed by atoms with Gasteiger partial charge in [-0.15, -0.1) is 0 Å². The molecule has 1 aliphatic heterocycles. The molecule has 1 aliphatic rings. The highest BCUT2D eigenvalue weighted by Crippen LogP contribution is 2.29. The topological polar surface area (TPSA) is 75.0 Å². The highest BCUT2D eigenvalue weighted by molar-refractivity contribution is 5.84. The second kappa shape index (κ2) is 4.90. The number of primary amides is 1. The van der Waals surface area contributed by atoms with E-state index < -0.39 is 5.54 Å². The van der Waals surface area contributed by atoms with Gasteiger partial charge in [0.15, 0.2) is 0 Å². The van der Waals surface area contributed by atoms with Gasteiger partial charge in [-0.2, -0.15) is 5.10 Å². The fourth-order valence-corrected chi connectivity index (χ4v) is 3.01. The first-order valence-electron chi connectivity index (χ1n) is 7.06. The summed E-state index contributed by atoms with van der Waals surface area (Å²) < 4.78 is 0. The van der Waals surface area contributed by atoms with E-state index >= 15 is 0 Å². The first-order chi connectivity index (χ1) is 9.59. The van der Waals surface area contributed by atoms with Gasteiger partial charge in [0, 0.05) is 11.9 Å². The van der Waals surface area contributed by atoms with Crippen LogP contribution in [0.4, 0.5) is 0 Å². The van der Waals surface area contributed by atoms with Crippen LogP contribution in [0.25, 0.3) is 10.9 Å². The Labute approximate surface area is 118 Å². The first-order valence-corrected chi connectivity index (χ1v) is 7.06. The fourth-order valence-electron chi connectivity index (χ4n) is 3.01. The molecule has 1 saturated heterocycles. The van der Waals surface area contributed by atoms with Crippen molar-refractivity contribution in [2.75, 3.05) is 6.54 Å². The Morgan fingerprint density at radius 1 is 1.50 bits per heavy atom. The molecule has 0 aliphatic carbocycles. The lowest BCUT2D eigenvalue weighted by molar-refractivity contribution is -0.131. The van der Waals surface area contributed by atoms with Gasteiger partial charge in [-0.1, -0.05) is 12.1 Å². The molecule has 1 aromatic heterocycles. The number of carbonyl (C=O) groups is 1. The molecule has 1 aromatic carbocycles. The molecule has 1 atom stereocenters. The molecule has 2 aromatic rings. The van der Waals surface area contributed by atoms with Crippen molar-refractivity contribution in [1.29, 1.82) is 0 Å². The third-order valence-corrected chi connectivity index (χ3v) is 4.45. The number of carbonyl (C=O) groups excluding carboxylic acids is 1. The number of nitrogens with zero attached hydrogens (tertiary/aromatic N) is 2. The van der Waals surface area contributed by atoms with Gasteiger partial charge in [0.25, 0.3) is 0 Å². The van der Waals surface area contributed by atoms with Crippen LogP contribution in [-0.2, 0) is 11.3 Å². The summed E-state index contributed by atoms with van der Waals surface area (Å²) >= 11 is 0. The zero-order chi connectivity index (χ0) is 14.2. The van der Waals surface area contributed by atoms with Gasteiger partial charge in [-0.05, 0) is 44.4 Å². The Morgan fingerprint density at radius 2 is 2.35 bits per heavy atom. The number of aromatic amines is 1. The Bertz CT molecular complexity index is 636. The van der Waals surface area contributed by atoms with Crippen molar-refractivity contribution in [2.45, 2.75) is 38.3 Å². The smallest absolute Gasteiger partial charge is 0.237 e. The summed E-state index contributed by atoms with van der Waals surface area (Å²) in [6.45, 7) is 3.62. The van der Waals surface area contributed by atoms with E-state index in [0.717, 1.165) is 43.3 Å². The number of hydrogen-bond acceptors (Lipinski definition) is 3. The molecule has 1 amide bonds. The molecule has 0 bridgehead atoms. The highest BCUT2D eigenvalue weighted by atomic mass is 16.1. The van der Waals surface area contributed by atoms with Crippen LogP contribution in [0.1, 0.15) is 31.7 Å². The predicted molar refractivity (Wildman–Crippen MR) is 78.0 cm³/mol. The average molecular weight is 272 g/mol. The normalized spacial score (nSPS) is 24.1. The maximum Gasteiger partial charge on any atom is 0.237 e. The predicted octanol–water partition coefficient (Wildman–Crippen LogP) is 1.79. The van der Waals surface area contributed by atoms with Crippen LogP contribution in [0.5, 0.6) is 0 Å². The van der Waals surface area contributed by atoms with Crippen LogP contribution in [0, 0.1) is 0 Å². The zero-order valence-electron chi connectivity index (χ0n) is 11.7. The van der Waals surface area contributed by atoms with Crippen molar-refractivity contribution in [3.05, 3.63) is 30.0 Å². The van der Waals surface area contributed by atoms with E-state index in [1.165, 1.54) is 5.56 Å². The van der Waals surface area contributed by atoms with E-state index in [0.29, 0.717) is 0 Å². The highest BCUT2D eigenvalue weighted by Gasteiger charge is 2.39. The number of piperidine rings is 1. The molecule has 1 fully saturated rings. The van der Waals surface area contributed by atoms with Gasteiger partial charge in [-0.3, -0.25) is 14.8 Å². The number of nitrogens with two attached hydrogens (primary N) is 1. The first kappa shape index (κ1) is 13.1. The molecule has 3 N–H and O–H groups in total. The lowest BCUT2D eigenvalue weighted by Crippen LogP contribution is -2.57. The van der Waals surface area contributed by atoms with Gasteiger partial charge in [0.05, 0.1) is 17.3 Å². The third-order valence-electron chi connectivity index (χ3n) is 4.45. The minimum Gasteiger partial charge on any atom is -0.368 e. The molecule has 0 radical (unpaired) electrons. The van der Waals surface area contributed by atoms with E-state index in [-0.39, 0.29) is 5.91 Å². The average Bonchev–Trinajstić information content (AvgIpc) is 2.89. The number of H-pyrrole nitrogens is 1. The second-order valence-corrected chi connectivity index (χ2v) is 5.81. The summed E-state index contributed by atoms with van der Waals surface area (Å²) in [4.78, 5) is 14.0. The molecule has 20 heavy (non-hydrogen) atoms. The number of hydrogen-bond donors (Lipinski definition) is 2. The summed E-state index contributed by atoms with van der Waals surface area (Å²) in [5.74, 6) is -0.222. The van der Waals surface area contributed by atoms with Crippen molar-refractivity contribution in [2.24, 2.45) is 5.73 Å². The summed E-state index contributed by atoms with van der Waals surface area (Å²) in [5.41, 5.74) is 7.30. The van der Waals surface area contributed by atoms with Crippen molar-refractivity contribution >= 4 is 16.8 Å². The van der Waals surface area contributed by atoms with Gasteiger partial charge < -0.3 is 5.73 Å². The van der Waals surface area contributed by atoms with Crippen molar-refractivity contribution in [1.82, 2.24) is 15.1 Å². The Balaban J connectivity index is 1.86. The van der Waals surface area contributed by atoms with Gasteiger partial charge >= 0.3 is 0 Å². The Hall–Kier alpha value is -1.88. The van der Waals surface area contributed by atoms with Crippen LogP contribution in [-0.4, -0.2) is 33.1 Å². The van der Waals surface area contributed by atoms with Crippen molar-refractivity contribution < 1.29 is 4.79 Å². The number of benzene rings is 1. The van der Waals surface area contributed by atoms with E-state index in [1.807, 2.05) is 13.1 Å². The SMILES string of the molecule is CC1(C(N)=O)CCCCN1Cc1ccc2cn[nH]c2c1. The Kier molecular flexibility index (Phi) is 3.22. The standard InChI is InChI=1S/C15H20N4O/c1-15(14(16)20)6-2-3-7-19(15)10-11-4-5-12-9-17-18-13(12)8-11/h4-5,8-9H,2-3,6-7,10H2,1H3,(H2,16,20)(H,17,18). The van der Waals surface area contributed by atoms with E-state index in [1.54, 1.807) is 0 Å². The molecule has 5 heteroatoms. The molecule has 1 unspecified atom stereocenters. The number of aromatic nitrogens is 2. The van der Waals surface area contributed by atoms with Gasteiger partial charge in [-0.25, -0.2) is 0 Å². The number of likely N-dealkylation sites (tertiary alicyclic amines) is 1. The van der Waals surface area contributed by atoms with Crippen LogP contribution >= 0.6 is 0 Å². The van der Waals surface area contributed by atoms with E-state index in [4.69, 9.17) is 5.73 Å². The van der Waals surface area contributed by atoms with Gasteiger partial charge in [0.1, 0.15) is 0 Å². The van der Waals surface area contributed by atoms with Crippen LogP contribution < -0.4 is 5.73 Å². The van der Waals surface area contributed by atoms with Crippen LogP contribution in [0.15, 0.2) is 24.4 Å². The van der Waals surface area contributed by atoms with E-state index in [9.17, 15) is 4.79 Å². The van der Waals surface area contributed by atoms with Gasteiger partial charge in [0.2, 0.25) is 5.91 Å². The monoisotopic (exact) mass is 272 g/mol. The quantitative estimate of drug-likeness (QED) is 0.894. The minimum absolute atomic E-state index is 0.222. The molecular formula is C15H20N4O. The molecule has 3 rings (SSSR count). The maximum atomic E-state index is 11.8. The zero-order valence-corrected chi connectivity index (χ0v) is 11.7. The summed E-state index contributed by atoms with van der Waals surface area (Å²) in [5, 5.41) is 8.12. The van der Waals surface area contributed by atoms with E-state index in [2.05, 4.69) is 33.3 Å². The molecule has 0 spiro atoms. The summed E-state index contributed by atoms with van der Waals surface area (Å²) in [6.07, 6.45) is 4.84. The summed E-state index contributed by atoms with van der Waals surface area (Å²) in [6, 6.07) is 6.24. The molecule has 106 valence electrons. The maximum absolute atomic E-state index is 11.8. The number of nitrogens with one attached hydrogen (secondary N) is 1. The lowest BCUT2D eigenvalue weighted by Gasteiger charge is -2.42. The minimum atomic E-state index is -0.527. The van der Waals surface area contributed by atoms with Crippen molar-refractivity contribution in [3.8, 4) is 0 Å². The number of amides is 1. The lowest BCUT2D eigenvalue weighted by atomic mass is 9.87. The second-order valence-electron chi connectivity index (χ2n) is 5.81. The molecule has 0 saturated carbocycles. The van der Waals surface area contributed by atoms with Crippen molar-refractivity contribution in [3.63, 3.8) is 0 Å². The number of rotatable bonds is 3.